The monoisotopic (exact) mass is 452 g/mol. The van der Waals surface area contributed by atoms with Crippen LogP contribution in [0.4, 0.5) is 11.4 Å². The predicted molar refractivity (Wildman–Crippen MR) is 128 cm³/mol. The molecule has 168 valence electrons. The molecule has 1 amide bonds. The summed E-state index contributed by atoms with van der Waals surface area (Å²) >= 11 is 0. The molecule has 3 rings (SSSR count). The van der Waals surface area contributed by atoms with Gasteiger partial charge in [-0.25, -0.2) is 8.42 Å². The number of rotatable bonds is 7. The van der Waals surface area contributed by atoms with Crippen molar-refractivity contribution in [3.8, 4) is 5.75 Å². The average molecular weight is 453 g/mol. The molecule has 0 aromatic heterocycles. The average Bonchev–Trinajstić information content (AvgIpc) is 2.74. The van der Waals surface area contributed by atoms with Crippen molar-refractivity contribution >= 4 is 27.3 Å². The number of carbonyl (C=O) groups is 1. The van der Waals surface area contributed by atoms with Gasteiger partial charge in [0.25, 0.3) is 15.9 Å². The van der Waals surface area contributed by atoms with E-state index in [-0.39, 0.29) is 10.8 Å². The summed E-state index contributed by atoms with van der Waals surface area (Å²) in [4.78, 5) is 12.6. The highest BCUT2D eigenvalue weighted by Gasteiger charge is 2.18. The Morgan fingerprint density at radius 3 is 2.25 bits per heavy atom. The van der Waals surface area contributed by atoms with Crippen molar-refractivity contribution in [3.63, 3.8) is 0 Å². The van der Waals surface area contributed by atoms with Crippen LogP contribution < -0.4 is 14.8 Å². The second kappa shape index (κ2) is 9.44. The van der Waals surface area contributed by atoms with Gasteiger partial charge in [-0.1, -0.05) is 29.8 Å². The van der Waals surface area contributed by atoms with Gasteiger partial charge in [-0.3, -0.25) is 9.52 Å². The molecule has 2 N–H and O–H groups in total. The smallest absolute Gasteiger partial charge is 0.265 e. The molecule has 6 nitrogen and oxygen atoms in total. The quantitative estimate of drug-likeness (QED) is 0.521. The minimum absolute atomic E-state index is 0.107. The topological polar surface area (TPSA) is 84.5 Å². The number of hydrogen-bond donors (Lipinski definition) is 2. The number of benzene rings is 3. The Bertz CT molecular complexity index is 1240. The van der Waals surface area contributed by atoms with Crippen molar-refractivity contribution in [1.29, 1.82) is 0 Å². The number of aryl methyl sites for hydroxylation is 3. The summed E-state index contributed by atoms with van der Waals surface area (Å²) in [6, 6.07) is 17.2. The maximum atomic E-state index is 12.7. The third-order valence-corrected chi connectivity index (χ3v) is 6.67. The first kappa shape index (κ1) is 23.3. The molecular weight excluding hydrogens is 424 g/mol. The number of anilines is 2. The second-order valence-corrected chi connectivity index (χ2v) is 9.58. The van der Waals surface area contributed by atoms with Crippen LogP contribution in [0.1, 0.15) is 29.2 Å². The zero-order valence-corrected chi connectivity index (χ0v) is 19.7. The van der Waals surface area contributed by atoms with Gasteiger partial charge in [-0.2, -0.15) is 0 Å². The van der Waals surface area contributed by atoms with Crippen LogP contribution in [0.5, 0.6) is 5.75 Å². The van der Waals surface area contributed by atoms with E-state index in [4.69, 9.17) is 4.74 Å². The van der Waals surface area contributed by atoms with E-state index in [1.807, 2.05) is 58.0 Å². The first-order valence-corrected chi connectivity index (χ1v) is 11.8. The minimum Gasteiger partial charge on any atom is -0.481 e. The predicted octanol–water partition coefficient (Wildman–Crippen LogP) is 5.13. The van der Waals surface area contributed by atoms with Gasteiger partial charge in [0.1, 0.15) is 5.75 Å². The van der Waals surface area contributed by atoms with Crippen LogP contribution in [0.3, 0.4) is 0 Å². The van der Waals surface area contributed by atoms with Crippen molar-refractivity contribution in [3.05, 3.63) is 82.9 Å². The molecule has 0 spiro atoms. The Kier molecular flexibility index (Phi) is 6.89. The number of hydrogen-bond acceptors (Lipinski definition) is 4. The fourth-order valence-corrected chi connectivity index (χ4v) is 4.32. The minimum atomic E-state index is -3.75. The molecule has 0 aliphatic heterocycles. The molecule has 0 bridgehead atoms. The van der Waals surface area contributed by atoms with Gasteiger partial charge in [-0.15, -0.1) is 0 Å². The fraction of sp³-hybridized carbons (Fsp3) is 0.240. The second-order valence-electron chi connectivity index (χ2n) is 7.90. The summed E-state index contributed by atoms with van der Waals surface area (Å²) in [5, 5.41) is 2.76. The summed E-state index contributed by atoms with van der Waals surface area (Å²) in [6.07, 6.45) is -0.718. The molecule has 0 fully saturated rings. The lowest BCUT2D eigenvalue weighted by molar-refractivity contribution is -0.122. The SMILES string of the molecule is Cc1ccc(NS(=O)(=O)c2ccc(NC(=O)[C@@H](C)Oc3cccc(C)c3C)cc2)c(C)c1. The molecule has 7 heteroatoms. The normalized spacial score (nSPS) is 12.2. The highest BCUT2D eigenvalue weighted by Crippen LogP contribution is 2.23. The molecule has 0 aliphatic carbocycles. The van der Waals surface area contributed by atoms with Crippen LogP contribution >= 0.6 is 0 Å². The van der Waals surface area contributed by atoms with Gasteiger partial charge in [0.05, 0.1) is 10.6 Å². The molecule has 0 heterocycles. The molecule has 0 saturated heterocycles. The van der Waals surface area contributed by atoms with Crippen molar-refractivity contribution in [2.75, 3.05) is 10.0 Å². The van der Waals surface area contributed by atoms with Crippen molar-refractivity contribution < 1.29 is 17.9 Å². The largest absolute Gasteiger partial charge is 0.481 e. The summed E-state index contributed by atoms with van der Waals surface area (Å²) in [7, 11) is -3.75. The summed E-state index contributed by atoms with van der Waals surface area (Å²) < 4.78 is 33.9. The van der Waals surface area contributed by atoms with Gasteiger partial charge in [0.15, 0.2) is 6.10 Å². The van der Waals surface area contributed by atoms with E-state index >= 15 is 0 Å². The van der Waals surface area contributed by atoms with Crippen LogP contribution in [-0.4, -0.2) is 20.4 Å². The van der Waals surface area contributed by atoms with Gasteiger partial charge < -0.3 is 10.1 Å². The molecule has 1 atom stereocenters. The van der Waals surface area contributed by atoms with Gasteiger partial charge in [-0.05, 0) is 87.7 Å². The summed E-state index contributed by atoms with van der Waals surface area (Å²) in [5.74, 6) is 0.335. The molecule has 32 heavy (non-hydrogen) atoms. The zero-order chi connectivity index (χ0) is 23.5. The first-order chi connectivity index (χ1) is 15.1. The third-order valence-electron chi connectivity index (χ3n) is 5.29. The fourth-order valence-electron chi connectivity index (χ4n) is 3.19. The van der Waals surface area contributed by atoms with E-state index in [0.29, 0.717) is 17.1 Å². The highest BCUT2D eigenvalue weighted by molar-refractivity contribution is 7.92. The molecule has 0 unspecified atom stereocenters. The Labute approximate surface area is 189 Å². The van der Waals surface area contributed by atoms with E-state index in [1.54, 1.807) is 25.1 Å². The molecule has 3 aromatic carbocycles. The Morgan fingerprint density at radius 1 is 0.906 bits per heavy atom. The van der Waals surface area contributed by atoms with E-state index in [2.05, 4.69) is 10.0 Å². The molecule has 0 radical (unpaired) electrons. The van der Waals surface area contributed by atoms with Crippen molar-refractivity contribution in [2.45, 2.75) is 45.6 Å². The highest BCUT2D eigenvalue weighted by atomic mass is 32.2. The molecule has 3 aromatic rings. The zero-order valence-electron chi connectivity index (χ0n) is 18.9. The lowest BCUT2D eigenvalue weighted by Crippen LogP contribution is -2.30. The van der Waals surface area contributed by atoms with Crippen LogP contribution in [-0.2, 0) is 14.8 Å². The molecular formula is C25H28N2O4S. The van der Waals surface area contributed by atoms with Gasteiger partial charge >= 0.3 is 0 Å². The number of sulfonamides is 1. The molecule has 0 aliphatic rings. The van der Waals surface area contributed by atoms with E-state index in [9.17, 15) is 13.2 Å². The standard InChI is InChI=1S/C25H28N2O4S/c1-16-9-14-23(18(3)15-16)27-32(29,30)22-12-10-21(11-13-22)26-25(28)20(5)31-24-8-6-7-17(2)19(24)4/h6-15,20,27H,1-5H3,(H,26,28)/t20-/m1/s1. The lowest BCUT2D eigenvalue weighted by atomic mass is 10.1. The van der Waals surface area contributed by atoms with Crippen molar-refractivity contribution in [1.82, 2.24) is 0 Å². The maximum Gasteiger partial charge on any atom is 0.265 e. The van der Waals surface area contributed by atoms with Gasteiger partial charge in [0, 0.05) is 5.69 Å². The van der Waals surface area contributed by atoms with Crippen LogP contribution in [0.15, 0.2) is 65.6 Å². The Morgan fingerprint density at radius 2 is 1.59 bits per heavy atom. The Hall–Kier alpha value is -3.32. The number of nitrogens with one attached hydrogen (secondary N) is 2. The summed E-state index contributed by atoms with van der Waals surface area (Å²) in [5.41, 5.74) is 4.98. The third kappa shape index (κ3) is 5.48. The van der Waals surface area contributed by atoms with Crippen LogP contribution in [0, 0.1) is 27.7 Å². The van der Waals surface area contributed by atoms with Crippen LogP contribution in [0.2, 0.25) is 0 Å². The maximum absolute atomic E-state index is 12.7. The van der Waals surface area contributed by atoms with E-state index in [1.165, 1.54) is 12.1 Å². The number of carbonyl (C=O) groups excluding carboxylic acids is 1. The van der Waals surface area contributed by atoms with E-state index in [0.717, 1.165) is 22.3 Å². The van der Waals surface area contributed by atoms with Gasteiger partial charge in [0.2, 0.25) is 0 Å². The van der Waals surface area contributed by atoms with Crippen LogP contribution in [0.25, 0.3) is 0 Å². The number of amides is 1. The summed E-state index contributed by atoms with van der Waals surface area (Å²) in [6.45, 7) is 9.40. The Balaban J connectivity index is 1.67. The lowest BCUT2D eigenvalue weighted by Gasteiger charge is -2.17. The molecule has 0 saturated carbocycles. The number of ether oxygens (including phenoxy) is 1. The van der Waals surface area contributed by atoms with Crippen molar-refractivity contribution in [2.24, 2.45) is 0 Å². The van der Waals surface area contributed by atoms with E-state index < -0.39 is 16.1 Å². The first-order valence-electron chi connectivity index (χ1n) is 10.3.